The summed E-state index contributed by atoms with van der Waals surface area (Å²) >= 11 is 0. The van der Waals surface area contributed by atoms with Gasteiger partial charge in [0, 0.05) is 24.9 Å². The topological polar surface area (TPSA) is 78.4 Å². The molecule has 4 atom stereocenters. The molecule has 2 amide bonds. The van der Waals surface area contributed by atoms with Crippen LogP contribution in [0.5, 0.6) is 0 Å². The fraction of sp³-hybridized carbons (Fsp3) is 0.882. The van der Waals surface area contributed by atoms with E-state index in [1.807, 2.05) is 20.8 Å². The molecule has 0 radical (unpaired) electrons. The van der Waals surface area contributed by atoms with Crippen LogP contribution in [0.3, 0.4) is 0 Å². The van der Waals surface area contributed by atoms with E-state index in [1.165, 1.54) is 0 Å². The van der Waals surface area contributed by atoms with Crippen molar-refractivity contribution in [1.82, 2.24) is 10.6 Å². The molecule has 0 spiro atoms. The lowest BCUT2D eigenvalue weighted by Crippen LogP contribution is -2.58. The van der Waals surface area contributed by atoms with Crippen LogP contribution in [0.15, 0.2) is 0 Å². The molecule has 0 bridgehead atoms. The Morgan fingerprint density at radius 3 is 2.50 bits per heavy atom. The highest BCUT2D eigenvalue weighted by Crippen LogP contribution is 2.52. The molecule has 0 heterocycles. The highest BCUT2D eigenvalue weighted by Gasteiger charge is 2.54. The van der Waals surface area contributed by atoms with Gasteiger partial charge in [0.25, 0.3) is 5.92 Å². The van der Waals surface area contributed by atoms with Crippen molar-refractivity contribution < 1.29 is 23.5 Å². The summed E-state index contributed by atoms with van der Waals surface area (Å²) in [5, 5.41) is 14.5. The number of alkyl halides is 2. The van der Waals surface area contributed by atoms with Gasteiger partial charge >= 0.3 is 12.0 Å². The van der Waals surface area contributed by atoms with Crippen LogP contribution in [0.1, 0.15) is 52.9 Å². The molecule has 0 aromatic heterocycles. The Hall–Kier alpha value is -1.40. The number of halogens is 2. The lowest BCUT2D eigenvalue weighted by Gasteiger charge is -2.52. The number of rotatable bonds is 5. The molecule has 2 unspecified atom stereocenters. The van der Waals surface area contributed by atoms with Crippen molar-refractivity contribution in [2.75, 3.05) is 6.54 Å². The average Bonchev–Trinajstić information content (AvgIpc) is 2.44. The van der Waals surface area contributed by atoms with Crippen LogP contribution in [0.25, 0.3) is 0 Å². The summed E-state index contributed by atoms with van der Waals surface area (Å²) < 4.78 is 27.5. The van der Waals surface area contributed by atoms with E-state index in [0.717, 1.165) is 6.42 Å². The number of carbonyl (C=O) groups is 2. The Morgan fingerprint density at radius 1 is 1.29 bits per heavy atom. The van der Waals surface area contributed by atoms with E-state index in [9.17, 15) is 18.4 Å². The molecule has 0 aromatic carbocycles. The number of nitrogens with one attached hydrogen (secondary N) is 2. The molecule has 0 aromatic rings. The molecule has 3 N–H and O–H groups in total. The Morgan fingerprint density at radius 2 is 1.96 bits per heavy atom. The van der Waals surface area contributed by atoms with Gasteiger partial charge in [-0.2, -0.15) is 0 Å². The molecule has 7 heteroatoms. The maximum Gasteiger partial charge on any atom is 0.315 e. The van der Waals surface area contributed by atoms with E-state index in [0.29, 0.717) is 19.3 Å². The third kappa shape index (κ3) is 3.81. The molecule has 2 aliphatic rings. The number of hydrogen-bond donors (Lipinski definition) is 3. The molecule has 5 nitrogen and oxygen atoms in total. The fourth-order valence-corrected chi connectivity index (χ4v) is 4.22. The Kier molecular flexibility index (Phi) is 5.40. The van der Waals surface area contributed by atoms with Crippen molar-refractivity contribution in [1.29, 1.82) is 0 Å². The first-order chi connectivity index (χ1) is 11.1. The molecule has 2 aliphatic carbocycles. The first-order valence-electron chi connectivity index (χ1n) is 8.70. The van der Waals surface area contributed by atoms with E-state index in [4.69, 9.17) is 5.11 Å². The molecule has 2 saturated carbocycles. The van der Waals surface area contributed by atoms with E-state index < -0.39 is 35.2 Å². The van der Waals surface area contributed by atoms with Gasteiger partial charge in [0.1, 0.15) is 0 Å². The lowest BCUT2D eigenvalue weighted by atomic mass is 9.53. The molecule has 138 valence electrons. The fourth-order valence-electron chi connectivity index (χ4n) is 4.22. The average molecular weight is 346 g/mol. The predicted molar refractivity (Wildman–Crippen MR) is 85.9 cm³/mol. The minimum absolute atomic E-state index is 0.0304. The van der Waals surface area contributed by atoms with Gasteiger partial charge in [0.2, 0.25) is 0 Å². The SMILES string of the molecule is CC(NC(=O)NCC1CCCCC1(F)F)[C@@H]1C[C@H](C(=O)O)C1(C)C. The van der Waals surface area contributed by atoms with Crippen molar-refractivity contribution in [2.24, 2.45) is 23.2 Å². The lowest BCUT2D eigenvalue weighted by molar-refractivity contribution is -0.160. The van der Waals surface area contributed by atoms with Crippen molar-refractivity contribution in [2.45, 2.75) is 64.8 Å². The van der Waals surface area contributed by atoms with E-state index >= 15 is 0 Å². The number of aliphatic carboxylic acids is 1. The van der Waals surface area contributed by atoms with Crippen LogP contribution < -0.4 is 10.6 Å². The summed E-state index contributed by atoms with van der Waals surface area (Å²) in [6.07, 6.45) is 2.15. The minimum atomic E-state index is -2.71. The normalized spacial score (nSPS) is 32.3. The summed E-state index contributed by atoms with van der Waals surface area (Å²) in [7, 11) is 0. The maximum atomic E-state index is 13.8. The molecule has 0 saturated heterocycles. The predicted octanol–water partition coefficient (Wildman–Crippen LogP) is 3.25. The van der Waals surface area contributed by atoms with Gasteiger partial charge in [-0.05, 0) is 37.5 Å². The number of carbonyl (C=O) groups excluding carboxylic acids is 1. The van der Waals surface area contributed by atoms with Crippen molar-refractivity contribution in [3.63, 3.8) is 0 Å². The molecular weight excluding hydrogens is 318 g/mol. The Bertz CT molecular complexity index is 496. The van der Waals surface area contributed by atoms with E-state index in [-0.39, 0.29) is 24.9 Å². The highest BCUT2D eigenvalue weighted by molar-refractivity contribution is 5.75. The molecule has 2 rings (SSSR count). The molecular formula is C17H28F2N2O3. The van der Waals surface area contributed by atoms with Crippen LogP contribution in [-0.4, -0.2) is 35.6 Å². The van der Waals surface area contributed by atoms with Gasteiger partial charge in [0.15, 0.2) is 0 Å². The van der Waals surface area contributed by atoms with Crippen molar-refractivity contribution in [3.05, 3.63) is 0 Å². The third-order valence-electron chi connectivity index (χ3n) is 6.02. The minimum Gasteiger partial charge on any atom is -0.481 e. The van der Waals surface area contributed by atoms with Gasteiger partial charge in [0.05, 0.1) is 5.92 Å². The van der Waals surface area contributed by atoms with Gasteiger partial charge in [-0.25, -0.2) is 13.6 Å². The van der Waals surface area contributed by atoms with Gasteiger partial charge in [-0.1, -0.05) is 20.3 Å². The van der Waals surface area contributed by atoms with E-state index in [2.05, 4.69) is 10.6 Å². The summed E-state index contributed by atoms with van der Waals surface area (Å²) in [6, 6.07) is -0.666. The summed E-state index contributed by atoms with van der Waals surface area (Å²) in [5.74, 6) is -4.67. The van der Waals surface area contributed by atoms with Crippen molar-refractivity contribution in [3.8, 4) is 0 Å². The monoisotopic (exact) mass is 346 g/mol. The maximum absolute atomic E-state index is 13.8. The quantitative estimate of drug-likeness (QED) is 0.715. The van der Waals surface area contributed by atoms with Gasteiger partial charge in [-0.3, -0.25) is 4.79 Å². The van der Waals surface area contributed by atoms with Gasteiger partial charge < -0.3 is 15.7 Å². The zero-order chi connectivity index (χ0) is 18.1. The zero-order valence-electron chi connectivity index (χ0n) is 14.6. The van der Waals surface area contributed by atoms with E-state index in [1.54, 1.807) is 0 Å². The largest absolute Gasteiger partial charge is 0.481 e. The van der Waals surface area contributed by atoms with Crippen LogP contribution in [0, 0.1) is 23.2 Å². The Balaban J connectivity index is 1.79. The number of amides is 2. The molecule has 0 aliphatic heterocycles. The summed E-state index contributed by atoms with van der Waals surface area (Å²) in [4.78, 5) is 23.1. The second kappa shape index (κ2) is 6.84. The standard InChI is InChI=1S/C17H28F2N2O3/c1-10(12-8-13(14(22)23)16(12,2)3)21-15(24)20-9-11-6-4-5-7-17(11,18)19/h10-13H,4-9H2,1-3H3,(H,22,23)(H2,20,21,24)/t10?,11?,12-,13+/m0/s1. The van der Waals surface area contributed by atoms with Crippen LogP contribution in [0.4, 0.5) is 13.6 Å². The first kappa shape index (κ1) is 18.9. The molecule has 2 fully saturated rings. The van der Waals surface area contributed by atoms with Crippen molar-refractivity contribution >= 4 is 12.0 Å². The van der Waals surface area contributed by atoms with Gasteiger partial charge in [-0.15, -0.1) is 0 Å². The van der Waals surface area contributed by atoms with Crippen LogP contribution in [-0.2, 0) is 4.79 Å². The first-order valence-corrected chi connectivity index (χ1v) is 8.70. The smallest absolute Gasteiger partial charge is 0.315 e. The second-order valence-corrected chi connectivity index (χ2v) is 7.90. The summed E-state index contributed by atoms with van der Waals surface area (Å²) in [5.41, 5.74) is -0.394. The second-order valence-electron chi connectivity index (χ2n) is 7.90. The van der Waals surface area contributed by atoms with Crippen LogP contribution >= 0.6 is 0 Å². The molecule has 24 heavy (non-hydrogen) atoms. The summed E-state index contributed by atoms with van der Waals surface area (Å²) in [6.45, 7) is 5.58. The number of carboxylic acids is 1. The Labute approximate surface area is 141 Å². The number of hydrogen-bond acceptors (Lipinski definition) is 2. The zero-order valence-corrected chi connectivity index (χ0v) is 14.6. The third-order valence-corrected chi connectivity index (χ3v) is 6.02. The van der Waals surface area contributed by atoms with Crippen LogP contribution in [0.2, 0.25) is 0 Å². The highest BCUT2D eigenvalue weighted by atomic mass is 19.3. The number of carboxylic acid groups (broad SMARTS) is 1. The number of urea groups is 1.